The summed E-state index contributed by atoms with van der Waals surface area (Å²) in [7, 11) is 1.56. The van der Waals surface area contributed by atoms with Gasteiger partial charge in [0.15, 0.2) is 0 Å². The van der Waals surface area contributed by atoms with Gasteiger partial charge in [-0.05, 0) is 32.1 Å². The van der Waals surface area contributed by atoms with Crippen LogP contribution in [0, 0.1) is 0 Å². The minimum atomic E-state index is -4.34. The number of rotatable bonds is 41. The molecule has 54 heavy (non-hydrogen) atoms. The van der Waals surface area contributed by atoms with Crippen molar-refractivity contribution >= 4 is 13.7 Å². The summed E-state index contributed by atoms with van der Waals surface area (Å²) in [5.74, 6) is -0.185. The molecule has 0 heterocycles. The number of nitrogens with one attached hydrogen (secondary N) is 1. The van der Waals surface area contributed by atoms with E-state index in [1.807, 2.05) is 27.2 Å². The lowest BCUT2D eigenvalue weighted by Crippen LogP contribution is -2.45. The third-order valence-corrected chi connectivity index (χ3v) is 11.2. The highest BCUT2D eigenvalue weighted by atomic mass is 31.2. The maximum atomic E-state index is 12.9. The highest BCUT2D eigenvalue weighted by Crippen LogP contribution is 2.43. The van der Waals surface area contributed by atoms with Gasteiger partial charge >= 0.3 is 7.82 Å². The molecule has 0 fully saturated rings. The van der Waals surface area contributed by atoms with E-state index in [0.29, 0.717) is 17.4 Å². The number of phosphoric acid groups is 1. The lowest BCUT2D eigenvalue weighted by Gasteiger charge is -2.25. The first-order chi connectivity index (χ1) is 26.0. The van der Waals surface area contributed by atoms with Crippen LogP contribution in [0.4, 0.5) is 0 Å². The molecule has 3 N–H and O–H groups in total. The van der Waals surface area contributed by atoms with Crippen LogP contribution in [0.15, 0.2) is 24.3 Å². The molecule has 320 valence electrons. The highest BCUT2D eigenvalue weighted by Gasteiger charge is 2.27. The Morgan fingerprint density at radius 2 is 1.02 bits per heavy atom. The first kappa shape index (κ1) is 53.0. The van der Waals surface area contributed by atoms with E-state index in [1.165, 1.54) is 148 Å². The van der Waals surface area contributed by atoms with Crippen LogP contribution < -0.4 is 5.32 Å². The van der Waals surface area contributed by atoms with E-state index in [9.17, 15) is 19.4 Å². The Bertz CT molecular complexity index is 938. The van der Waals surface area contributed by atoms with E-state index in [4.69, 9.17) is 9.05 Å². The third kappa shape index (κ3) is 39.2. The van der Waals surface area contributed by atoms with Crippen molar-refractivity contribution < 1.29 is 32.9 Å². The Morgan fingerprint density at radius 1 is 0.611 bits per heavy atom. The smallest absolute Gasteiger partial charge is 0.387 e. The molecule has 0 aliphatic carbocycles. The fraction of sp³-hybridized carbons (Fsp3) is 0.889. The number of carbonyl (C=O) groups is 1. The Balaban J connectivity index is 4.37. The van der Waals surface area contributed by atoms with E-state index in [0.717, 1.165) is 38.5 Å². The van der Waals surface area contributed by atoms with E-state index >= 15 is 0 Å². The average Bonchev–Trinajstić information content (AvgIpc) is 3.12. The molecular formula is C45H90N2O6P+. The number of nitrogens with zero attached hydrogens (tertiary/aromatic N) is 1. The van der Waals surface area contributed by atoms with Crippen molar-refractivity contribution in [2.24, 2.45) is 0 Å². The number of unbranched alkanes of at least 4 members (excludes halogenated alkanes) is 26. The molecule has 9 heteroatoms. The molecule has 0 radical (unpaired) electrons. The van der Waals surface area contributed by atoms with Gasteiger partial charge in [0.05, 0.1) is 39.9 Å². The SMILES string of the molecule is CCCCCCCCC/C=C/CC/C=C/[C@@H](O)[C@H](COP(=O)(O)OCC[N+](C)(C)C)NC(=O)CCCCCCCCCCCCCCCCCCCCC. The predicted octanol–water partition coefficient (Wildman–Crippen LogP) is 12.5. The standard InChI is InChI=1S/C45H89N2O6P/c1-6-8-10-12-14-16-18-20-21-22-23-24-25-27-29-31-33-35-37-39-45(49)46-43(42-53-54(50,51)52-41-40-47(3,4)5)44(48)38-36-34-32-30-28-26-19-17-15-13-11-9-7-2/h28,30,36,38,43-44,48H,6-27,29,31-35,37,39-42H2,1-5H3,(H-,46,49,50,51)/p+1/b30-28+,38-36+/t43-,44+/m0/s1. The van der Waals surface area contributed by atoms with Crippen LogP contribution >= 0.6 is 7.82 Å². The second-order valence-electron chi connectivity index (χ2n) is 16.8. The molecule has 0 spiro atoms. The largest absolute Gasteiger partial charge is 0.472 e. The highest BCUT2D eigenvalue weighted by molar-refractivity contribution is 7.47. The van der Waals surface area contributed by atoms with Crippen LogP contribution in [-0.4, -0.2) is 73.4 Å². The average molecular weight is 786 g/mol. The predicted molar refractivity (Wildman–Crippen MR) is 231 cm³/mol. The van der Waals surface area contributed by atoms with Gasteiger partial charge in [-0.3, -0.25) is 13.8 Å². The lowest BCUT2D eigenvalue weighted by atomic mass is 10.0. The second kappa shape index (κ2) is 37.6. The maximum absolute atomic E-state index is 12.9. The maximum Gasteiger partial charge on any atom is 0.472 e. The molecule has 8 nitrogen and oxygen atoms in total. The zero-order valence-corrected chi connectivity index (χ0v) is 37.1. The molecule has 3 atom stereocenters. The summed E-state index contributed by atoms with van der Waals surface area (Å²) >= 11 is 0. The van der Waals surface area contributed by atoms with E-state index in [-0.39, 0.29) is 19.1 Å². The van der Waals surface area contributed by atoms with Gasteiger partial charge < -0.3 is 19.8 Å². The molecule has 0 saturated heterocycles. The number of hydrogen-bond donors (Lipinski definition) is 3. The van der Waals surface area contributed by atoms with Crippen molar-refractivity contribution in [3.63, 3.8) is 0 Å². The van der Waals surface area contributed by atoms with Gasteiger partial charge in [-0.2, -0.15) is 0 Å². The van der Waals surface area contributed by atoms with Crippen molar-refractivity contribution in [2.45, 2.75) is 219 Å². The number of quaternary nitrogens is 1. The molecule has 1 unspecified atom stereocenters. The molecule has 1 amide bonds. The van der Waals surface area contributed by atoms with Crippen molar-refractivity contribution in [1.82, 2.24) is 5.32 Å². The quantitative estimate of drug-likeness (QED) is 0.0247. The molecule has 0 aromatic rings. The topological polar surface area (TPSA) is 105 Å². The fourth-order valence-corrected chi connectivity index (χ4v) is 7.26. The normalized spacial score (nSPS) is 14.6. The number of hydrogen-bond acceptors (Lipinski definition) is 5. The summed E-state index contributed by atoms with van der Waals surface area (Å²) in [6, 6.07) is -0.857. The molecule has 0 saturated carbocycles. The van der Waals surface area contributed by atoms with Crippen LogP contribution in [0.5, 0.6) is 0 Å². The monoisotopic (exact) mass is 786 g/mol. The molecule has 0 aromatic carbocycles. The molecule has 0 rings (SSSR count). The van der Waals surface area contributed by atoms with E-state index in [2.05, 4.69) is 31.3 Å². The molecule has 0 aliphatic rings. The van der Waals surface area contributed by atoms with Gasteiger partial charge in [-0.1, -0.05) is 192 Å². The summed E-state index contributed by atoms with van der Waals surface area (Å²) in [4.78, 5) is 23.1. The zero-order valence-electron chi connectivity index (χ0n) is 36.2. The molecule has 0 aliphatic heterocycles. The van der Waals surface area contributed by atoms with E-state index in [1.54, 1.807) is 6.08 Å². The van der Waals surface area contributed by atoms with Crippen LogP contribution in [0.2, 0.25) is 0 Å². The Kier molecular flexibility index (Phi) is 36.8. The summed E-state index contributed by atoms with van der Waals surface area (Å²) < 4.78 is 23.5. The number of likely N-dealkylation sites (N-methyl/N-ethyl adjacent to an activating group) is 1. The summed E-state index contributed by atoms with van der Waals surface area (Å²) in [5.41, 5.74) is 0. The Morgan fingerprint density at radius 3 is 1.48 bits per heavy atom. The van der Waals surface area contributed by atoms with Crippen molar-refractivity contribution in [2.75, 3.05) is 40.9 Å². The zero-order chi connectivity index (χ0) is 40.0. The Hall–Kier alpha value is -1.02. The number of amides is 1. The lowest BCUT2D eigenvalue weighted by molar-refractivity contribution is -0.870. The summed E-state index contributed by atoms with van der Waals surface area (Å²) in [5, 5.41) is 13.8. The minimum absolute atomic E-state index is 0.0582. The molecule has 0 bridgehead atoms. The number of carbonyl (C=O) groups excluding carboxylic acids is 1. The Labute approximate surface area is 334 Å². The number of aliphatic hydroxyl groups excluding tert-OH is 1. The van der Waals surface area contributed by atoms with Crippen molar-refractivity contribution in [3.05, 3.63) is 24.3 Å². The van der Waals surface area contributed by atoms with Gasteiger partial charge in [0.2, 0.25) is 5.91 Å². The van der Waals surface area contributed by atoms with Crippen LogP contribution in [-0.2, 0) is 18.4 Å². The number of allylic oxidation sites excluding steroid dienone is 3. The third-order valence-electron chi connectivity index (χ3n) is 10.2. The number of aliphatic hydroxyl groups is 1. The van der Waals surface area contributed by atoms with Gasteiger partial charge in [-0.25, -0.2) is 4.57 Å². The van der Waals surface area contributed by atoms with Crippen molar-refractivity contribution in [3.8, 4) is 0 Å². The van der Waals surface area contributed by atoms with Gasteiger partial charge in [0.1, 0.15) is 13.2 Å². The van der Waals surface area contributed by atoms with Crippen molar-refractivity contribution in [1.29, 1.82) is 0 Å². The molecule has 0 aromatic heterocycles. The number of phosphoric ester groups is 1. The van der Waals surface area contributed by atoms with Gasteiger partial charge in [0, 0.05) is 6.42 Å². The molecular weight excluding hydrogens is 695 g/mol. The van der Waals surface area contributed by atoms with Gasteiger partial charge in [0.25, 0.3) is 0 Å². The summed E-state index contributed by atoms with van der Waals surface area (Å²) in [6.07, 6.45) is 43.9. The van der Waals surface area contributed by atoms with E-state index < -0.39 is 20.0 Å². The first-order valence-corrected chi connectivity index (χ1v) is 24.2. The van der Waals surface area contributed by atoms with Crippen LogP contribution in [0.1, 0.15) is 206 Å². The second-order valence-corrected chi connectivity index (χ2v) is 18.2. The minimum Gasteiger partial charge on any atom is -0.387 e. The van der Waals surface area contributed by atoms with Crippen LogP contribution in [0.25, 0.3) is 0 Å². The van der Waals surface area contributed by atoms with Crippen LogP contribution in [0.3, 0.4) is 0 Å². The fourth-order valence-electron chi connectivity index (χ4n) is 6.53. The first-order valence-electron chi connectivity index (χ1n) is 22.7. The summed E-state index contributed by atoms with van der Waals surface area (Å²) in [6.45, 7) is 4.79. The van der Waals surface area contributed by atoms with Gasteiger partial charge in [-0.15, -0.1) is 0 Å².